The number of rotatable bonds is 5. The standard InChI is InChI=1S/C24H35N2O3/c1-15(27)29-19-8-10-23(2)17(13-19)4-6-20-21-7-5-16(12-18(28)14-26-25)24(21,3)11-9-22(20)23/h7,16-17,19-20,22H,4-6,8-14H2,1-3H3/q-1. The largest absolute Gasteiger partial charge is 0.712 e. The second-order valence-corrected chi connectivity index (χ2v) is 10.6. The molecule has 4 aliphatic rings. The summed E-state index contributed by atoms with van der Waals surface area (Å²) < 4.78 is 5.57. The van der Waals surface area contributed by atoms with Crippen LogP contribution in [0.2, 0.25) is 0 Å². The third kappa shape index (κ3) is 3.48. The molecule has 3 fully saturated rings. The molecule has 0 amide bonds. The number of nitrogens with zero attached hydrogens (tertiary/aromatic N) is 2. The number of esters is 1. The lowest BCUT2D eigenvalue weighted by atomic mass is 9.46. The van der Waals surface area contributed by atoms with Crippen LogP contribution in [0, 0.1) is 34.5 Å². The maximum atomic E-state index is 12.1. The fourth-order valence-corrected chi connectivity index (χ4v) is 7.71. The van der Waals surface area contributed by atoms with E-state index in [1.54, 1.807) is 5.57 Å². The van der Waals surface area contributed by atoms with E-state index in [0.29, 0.717) is 35.5 Å². The van der Waals surface area contributed by atoms with Gasteiger partial charge in [-0.1, -0.05) is 25.5 Å². The first-order valence-electron chi connectivity index (χ1n) is 11.5. The summed E-state index contributed by atoms with van der Waals surface area (Å²) in [6, 6.07) is 0. The Morgan fingerprint density at radius 1 is 1.21 bits per heavy atom. The van der Waals surface area contributed by atoms with Gasteiger partial charge in [0.15, 0.2) is 5.78 Å². The van der Waals surface area contributed by atoms with Crippen molar-refractivity contribution in [1.82, 2.24) is 0 Å². The molecule has 3 saturated carbocycles. The number of allylic oxidation sites excluding steroid dienone is 2. The lowest BCUT2D eigenvalue weighted by molar-refractivity contribution is -0.155. The van der Waals surface area contributed by atoms with Crippen LogP contribution in [0.3, 0.4) is 0 Å². The number of hydrogen-bond donors (Lipinski definition) is 0. The van der Waals surface area contributed by atoms with Gasteiger partial charge in [0.05, 0.1) is 6.54 Å². The molecule has 0 aromatic carbocycles. The summed E-state index contributed by atoms with van der Waals surface area (Å²) in [7, 11) is 0. The zero-order chi connectivity index (χ0) is 20.8. The number of carbonyl (C=O) groups excluding carboxylic acids is 2. The Kier molecular flexibility index (Phi) is 5.45. The van der Waals surface area contributed by atoms with Crippen molar-refractivity contribution in [3.63, 3.8) is 0 Å². The van der Waals surface area contributed by atoms with Gasteiger partial charge >= 0.3 is 5.97 Å². The Hall–Kier alpha value is -1.52. The van der Waals surface area contributed by atoms with Crippen molar-refractivity contribution in [2.24, 2.45) is 39.6 Å². The van der Waals surface area contributed by atoms with Crippen molar-refractivity contribution in [3.05, 3.63) is 17.2 Å². The first kappa shape index (κ1) is 20.7. The Labute approximate surface area is 174 Å². The first-order chi connectivity index (χ1) is 13.8. The Balaban J connectivity index is 1.49. The minimum absolute atomic E-state index is 0.0509. The van der Waals surface area contributed by atoms with Crippen molar-refractivity contribution < 1.29 is 14.3 Å². The molecule has 5 heteroatoms. The van der Waals surface area contributed by atoms with E-state index in [4.69, 9.17) is 10.3 Å². The van der Waals surface area contributed by atoms with Crippen molar-refractivity contribution in [1.29, 1.82) is 0 Å². The predicted octanol–water partition coefficient (Wildman–Crippen LogP) is 5.48. The molecule has 7 unspecified atom stereocenters. The highest BCUT2D eigenvalue weighted by Gasteiger charge is 2.57. The summed E-state index contributed by atoms with van der Waals surface area (Å²) in [5.41, 5.74) is 10.8. The van der Waals surface area contributed by atoms with Crippen molar-refractivity contribution in [2.45, 2.75) is 84.7 Å². The highest BCUT2D eigenvalue weighted by atomic mass is 16.5. The SMILES string of the molecule is CC(=O)OC1CCC2(C)C(CCC3C4=CCC(CC(=O)CN=[N-])C4(C)CCC32)C1. The molecule has 0 bridgehead atoms. The summed E-state index contributed by atoms with van der Waals surface area (Å²) in [5.74, 6) is 2.26. The second kappa shape index (κ2) is 7.63. The fraction of sp³-hybridized carbons (Fsp3) is 0.833. The van der Waals surface area contributed by atoms with Gasteiger partial charge in [0, 0.05) is 13.3 Å². The molecule has 160 valence electrons. The lowest BCUT2D eigenvalue weighted by Crippen LogP contribution is -2.52. The van der Waals surface area contributed by atoms with E-state index in [-0.39, 0.29) is 29.8 Å². The van der Waals surface area contributed by atoms with Gasteiger partial charge in [0.2, 0.25) is 0 Å². The van der Waals surface area contributed by atoms with Crippen LogP contribution in [-0.4, -0.2) is 24.4 Å². The Morgan fingerprint density at radius 2 is 2.00 bits per heavy atom. The van der Waals surface area contributed by atoms with Crippen molar-refractivity contribution in [2.75, 3.05) is 6.54 Å². The summed E-state index contributed by atoms with van der Waals surface area (Å²) in [5, 5.41) is 3.05. The van der Waals surface area contributed by atoms with E-state index in [2.05, 4.69) is 25.0 Å². The predicted molar refractivity (Wildman–Crippen MR) is 111 cm³/mol. The zero-order valence-corrected chi connectivity index (χ0v) is 18.2. The molecular formula is C24H35N2O3-. The molecule has 0 aromatic heterocycles. The van der Waals surface area contributed by atoms with E-state index in [1.165, 1.54) is 26.2 Å². The van der Waals surface area contributed by atoms with Gasteiger partial charge in [0.25, 0.3) is 0 Å². The van der Waals surface area contributed by atoms with Crippen LogP contribution >= 0.6 is 0 Å². The fourth-order valence-electron chi connectivity index (χ4n) is 7.71. The first-order valence-corrected chi connectivity index (χ1v) is 11.5. The van der Waals surface area contributed by atoms with Gasteiger partial charge in [-0.2, -0.15) is 0 Å². The van der Waals surface area contributed by atoms with Gasteiger partial charge in [-0.25, -0.2) is 0 Å². The van der Waals surface area contributed by atoms with Gasteiger partial charge in [0.1, 0.15) is 6.10 Å². The van der Waals surface area contributed by atoms with E-state index in [9.17, 15) is 9.59 Å². The summed E-state index contributed by atoms with van der Waals surface area (Å²) in [6.45, 7) is 6.33. The van der Waals surface area contributed by atoms with Crippen LogP contribution < -0.4 is 0 Å². The highest BCUT2D eigenvalue weighted by molar-refractivity contribution is 5.81. The molecular weight excluding hydrogens is 364 g/mol. The number of ketones is 1. The topological polar surface area (TPSA) is 78.0 Å². The second-order valence-electron chi connectivity index (χ2n) is 10.6. The molecule has 7 atom stereocenters. The molecule has 29 heavy (non-hydrogen) atoms. The van der Waals surface area contributed by atoms with E-state index >= 15 is 0 Å². The summed E-state index contributed by atoms with van der Waals surface area (Å²) >= 11 is 0. The van der Waals surface area contributed by atoms with Crippen LogP contribution in [0.1, 0.15) is 78.6 Å². The van der Waals surface area contributed by atoms with Crippen LogP contribution in [0.15, 0.2) is 16.8 Å². The smallest absolute Gasteiger partial charge is 0.302 e. The van der Waals surface area contributed by atoms with Crippen molar-refractivity contribution >= 4 is 11.8 Å². The lowest BCUT2D eigenvalue weighted by Gasteiger charge is -2.59. The van der Waals surface area contributed by atoms with Gasteiger partial charge in [-0.15, -0.1) is 0 Å². The van der Waals surface area contributed by atoms with E-state index in [1.807, 2.05) is 0 Å². The van der Waals surface area contributed by atoms with Crippen molar-refractivity contribution in [3.8, 4) is 0 Å². The monoisotopic (exact) mass is 399 g/mol. The molecule has 0 radical (unpaired) electrons. The van der Waals surface area contributed by atoms with Crippen LogP contribution in [0.4, 0.5) is 0 Å². The zero-order valence-electron chi connectivity index (χ0n) is 18.2. The average Bonchev–Trinajstić information content (AvgIpc) is 2.98. The number of ether oxygens (including phenoxy) is 1. The maximum Gasteiger partial charge on any atom is 0.302 e. The van der Waals surface area contributed by atoms with Gasteiger partial charge in [-0.3, -0.25) is 9.59 Å². The Bertz CT molecular complexity index is 732. The van der Waals surface area contributed by atoms with Crippen LogP contribution in [-0.2, 0) is 14.3 Å². The van der Waals surface area contributed by atoms with Crippen LogP contribution in [0.25, 0.3) is 5.53 Å². The normalized spacial score (nSPS) is 43.4. The maximum absolute atomic E-state index is 12.1. The number of carbonyl (C=O) groups is 2. The molecule has 0 aromatic rings. The van der Waals surface area contributed by atoms with Crippen LogP contribution in [0.5, 0.6) is 0 Å². The van der Waals surface area contributed by atoms with E-state index < -0.39 is 0 Å². The molecule has 0 heterocycles. The molecule has 0 spiro atoms. The average molecular weight is 400 g/mol. The third-order valence-corrected chi connectivity index (χ3v) is 9.25. The van der Waals surface area contributed by atoms with Gasteiger partial charge < -0.3 is 15.4 Å². The summed E-state index contributed by atoms with van der Waals surface area (Å²) in [4.78, 5) is 23.5. The molecule has 4 rings (SSSR count). The van der Waals surface area contributed by atoms with Gasteiger partial charge in [-0.05, 0) is 85.9 Å². The minimum Gasteiger partial charge on any atom is -0.712 e. The third-order valence-electron chi connectivity index (χ3n) is 9.25. The Morgan fingerprint density at radius 3 is 2.72 bits per heavy atom. The number of Topliss-reactive ketones (excluding diaryl/α,β-unsaturated/α-hetero) is 1. The highest BCUT2D eigenvalue weighted by Crippen LogP contribution is 2.66. The molecule has 0 aliphatic heterocycles. The minimum atomic E-state index is -0.147. The quantitative estimate of drug-likeness (QED) is 0.349. The summed E-state index contributed by atoms with van der Waals surface area (Å²) in [6.07, 6.45) is 12.1. The number of hydrogen-bond acceptors (Lipinski definition) is 4. The van der Waals surface area contributed by atoms with E-state index in [0.717, 1.165) is 32.1 Å². The molecule has 4 aliphatic carbocycles. The molecule has 0 saturated heterocycles. The molecule has 5 nitrogen and oxygen atoms in total. The number of fused-ring (bicyclic) bond motifs is 5. The molecule has 0 N–H and O–H groups in total.